The van der Waals surface area contributed by atoms with Gasteiger partial charge < -0.3 is 0 Å². The highest BCUT2D eigenvalue weighted by Gasteiger charge is 2.07. The Hall–Kier alpha value is -1.08. The number of hydrogen-bond acceptors (Lipinski definition) is 1. The van der Waals surface area contributed by atoms with Crippen molar-refractivity contribution in [3.05, 3.63) is 47.5 Å². The van der Waals surface area contributed by atoms with Gasteiger partial charge >= 0.3 is 0 Å². The van der Waals surface area contributed by atoms with E-state index in [0.29, 0.717) is 17.0 Å². The molecule has 0 saturated carbocycles. The first-order valence-corrected chi connectivity index (χ1v) is 5.02. The first-order valence-electron chi connectivity index (χ1n) is 4.64. The summed E-state index contributed by atoms with van der Waals surface area (Å²) in [5.41, 5.74) is 0.623. The molecule has 0 spiro atoms. The molecule has 0 aromatic heterocycles. The van der Waals surface area contributed by atoms with Crippen LogP contribution in [-0.4, -0.2) is 5.78 Å². The van der Waals surface area contributed by atoms with Crippen LogP contribution in [0.25, 0.3) is 0 Å². The molecular formula is C12H13ClO. The minimum Gasteiger partial charge on any atom is -0.294 e. The van der Waals surface area contributed by atoms with E-state index in [9.17, 15) is 4.79 Å². The highest BCUT2D eigenvalue weighted by atomic mass is 35.5. The Labute approximate surface area is 89.4 Å². The Morgan fingerprint density at radius 2 is 2.14 bits per heavy atom. The molecule has 14 heavy (non-hydrogen) atoms. The van der Waals surface area contributed by atoms with E-state index in [0.717, 1.165) is 12.8 Å². The summed E-state index contributed by atoms with van der Waals surface area (Å²) in [4.78, 5) is 11.6. The molecule has 2 heteroatoms. The number of benzene rings is 1. The number of rotatable bonds is 5. The number of carbonyl (C=O) groups excluding carboxylic acids is 1. The van der Waals surface area contributed by atoms with Crippen LogP contribution in [0.1, 0.15) is 29.6 Å². The minimum atomic E-state index is 0.109. The van der Waals surface area contributed by atoms with Crippen LogP contribution in [-0.2, 0) is 0 Å². The zero-order chi connectivity index (χ0) is 10.4. The van der Waals surface area contributed by atoms with E-state index < -0.39 is 0 Å². The summed E-state index contributed by atoms with van der Waals surface area (Å²) < 4.78 is 0. The van der Waals surface area contributed by atoms with Crippen molar-refractivity contribution in [3.8, 4) is 0 Å². The van der Waals surface area contributed by atoms with Crippen molar-refractivity contribution in [2.45, 2.75) is 19.3 Å². The van der Waals surface area contributed by atoms with Gasteiger partial charge in [0.1, 0.15) is 0 Å². The number of ketones is 1. The van der Waals surface area contributed by atoms with Crippen molar-refractivity contribution < 1.29 is 4.79 Å². The average Bonchev–Trinajstić information content (AvgIpc) is 2.18. The lowest BCUT2D eigenvalue weighted by atomic mass is 10.1. The van der Waals surface area contributed by atoms with Crippen LogP contribution in [0.2, 0.25) is 5.02 Å². The molecule has 0 fully saturated rings. The molecule has 0 aliphatic heterocycles. The molecule has 0 aliphatic rings. The largest absolute Gasteiger partial charge is 0.294 e. The fraction of sp³-hybridized carbons (Fsp3) is 0.250. The van der Waals surface area contributed by atoms with Crippen molar-refractivity contribution in [1.29, 1.82) is 0 Å². The summed E-state index contributed by atoms with van der Waals surface area (Å²) in [6.45, 7) is 3.61. The third-order valence-corrected chi connectivity index (χ3v) is 2.32. The molecule has 1 aromatic rings. The summed E-state index contributed by atoms with van der Waals surface area (Å²) in [5.74, 6) is 0.109. The Bertz CT molecular complexity index is 331. The highest BCUT2D eigenvalue weighted by molar-refractivity contribution is 6.33. The Morgan fingerprint density at radius 3 is 2.79 bits per heavy atom. The first-order chi connectivity index (χ1) is 6.75. The molecule has 1 nitrogen and oxygen atoms in total. The predicted molar refractivity (Wildman–Crippen MR) is 59.8 cm³/mol. The minimum absolute atomic E-state index is 0.109. The number of carbonyl (C=O) groups is 1. The summed E-state index contributed by atoms with van der Waals surface area (Å²) in [6, 6.07) is 7.15. The van der Waals surface area contributed by atoms with Crippen molar-refractivity contribution in [2.75, 3.05) is 0 Å². The fourth-order valence-corrected chi connectivity index (χ4v) is 1.47. The van der Waals surface area contributed by atoms with Gasteiger partial charge in [-0.15, -0.1) is 6.58 Å². The van der Waals surface area contributed by atoms with Crippen LogP contribution in [0, 0.1) is 0 Å². The summed E-state index contributed by atoms with van der Waals surface area (Å²) >= 11 is 5.89. The van der Waals surface area contributed by atoms with Gasteiger partial charge in [-0.1, -0.05) is 29.8 Å². The summed E-state index contributed by atoms with van der Waals surface area (Å²) in [7, 11) is 0. The zero-order valence-electron chi connectivity index (χ0n) is 8.00. The fourth-order valence-electron chi connectivity index (χ4n) is 1.23. The van der Waals surface area contributed by atoms with Crippen molar-refractivity contribution in [3.63, 3.8) is 0 Å². The molecule has 74 valence electrons. The van der Waals surface area contributed by atoms with Gasteiger partial charge in [0.05, 0.1) is 5.02 Å². The standard InChI is InChI=1S/C12H13ClO/c1-2-3-4-9-12(14)10-7-5-6-8-11(10)13/h2,5-8H,1,3-4,9H2. The molecule has 0 bridgehead atoms. The van der Waals surface area contributed by atoms with Crippen LogP contribution in [0.5, 0.6) is 0 Å². The van der Waals surface area contributed by atoms with Crippen LogP contribution in [0.15, 0.2) is 36.9 Å². The normalized spacial score (nSPS) is 9.79. The number of allylic oxidation sites excluding steroid dienone is 1. The van der Waals surface area contributed by atoms with Gasteiger partial charge in [0.2, 0.25) is 0 Å². The van der Waals surface area contributed by atoms with Crippen molar-refractivity contribution >= 4 is 17.4 Å². The Balaban J connectivity index is 2.60. The van der Waals surface area contributed by atoms with E-state index in [1.165, 1.54) is 0 Å². The third-order valence-electron chi connectivity index (χ3n) is 1.99. The van der Waals surface area contributed by atoms with E-state index in [1.807, 2.05) is 18.2 Å². The van der Waals surface area contributed by atoms with Crippen molar-refractivity contribution in [1.82, 2.24) is 0 Å². The molecule has 0 atom stereocenters. The van der Waals surface area contributed by atoms with Crippen LogP contribution >= 0.6 is 11.6 Å². The predicted octanol–water partition coefficient (Wildman–Crippen LogP) is 3.88. The first kappa shape index (κ1) is 11.0. The number of hydrogen-bond donors (Lipinski definition) is 0. The van der Waals surface area contributed by atoms with Crippen molar-refractivity contribution in [2.24, 2.45) is 0 Å². The van der Waals surface area contributed by atoms with Gasteiger partial charge in [-0.3, -0.25) is 4.79 Å². The number of unbranched alkanes of at least 4 members (excludes halogenated alkanes) is 1. The molecule has 0 heterocycles. The molecule has 0 unspecified atom stereocenters. The zero-order valence-corrected chi connectivity index (χ0v) is 8.76. The molecular weight excluding hydrogens is 196 g/mol. The monoisotopic (exact) mass is 208 g/mol. The quantitative estimate of drug-likeness (QED) is 0.408. The highest BCUT2D eigenvalue weighted by Crippen LogP contribution is 2.17. The second-order valence-electron chi connectivity index (χ2n) is 3.08. The maximum atomic E-state index is 11.6. The van der Waals surface area contributed by atoms with Crippen LogP contribution in [0.3, 0.4) is 0 Å². The van der Waals surface area contributed by atoms with E-state index >= 15 is 0 Å². The SMILES string of the molecule is C=CCCCC(=O)c1ccccc1Cl. The summed E-state index contributed by atoms with van der Waals surface area (Å²) in [6.07, 6.45) is 4.07. The number of Topliss-reactive ketones (excluding diaryl/α,β-unsaturated/α-hetero) is 1. The Morgan fingerprint density at radius 1 is 1.43 bits per heavy atom. The molecule has 1 rings (SSSR count). The molecule has 0 amide bonds. The van der Waals surface area contributed by atoms with Gasteiger partial charge in [0, 0.05) is 12.0 Å². The lowest BCUT2D eigenvalue weighted by molar-refractivity contribution is 0.0980. The van der Waals surface area contributed by atoms with E-state index in [2.05, 4.69) is 6.58 Å². The molecule has 1 aromatic carbocycles. The maximum absolute atomic E-state index is 11.6. The molecule has 0 radical (unpaired) electrons. The van der Waals surface area contributed by atoms with Gasteiger partial charge in [0.15, 0.2) is 5.78 Å². The lowest BCUT2D eigenvalue weighted by Gasteiger charge is -2.01. The van der Waals surface area contributed by atoms with Crippen LogP contribution in [0.4, 0.5) is 0 Å². The Kier molecular flexibility index (Phi) is 4.41. The maximum Gasteiger partial charge on any atom is 0.164 e. The average molecular weight is 209 g/mol. The second-order valence-corrected chi connectivity index (χ2v) is 3.49. The molecule has 0 aliphatic carbocycles. The van der Waals surface area contributed by atoms with Gasteiger partial charge in [0.25, 0.3) is 0 Å². The molecule has 0 N–H and O–H groups in total. The number of halogens is 1. The van der Waals surface area contributed by atoms with E-state index in [-0.39, 0.29) is 5.78 Å². The van der Waals surface area contributed by atoms with Crippen LogP contribution < -0.4 is 0 Å². The van der Waals surface area contributed by atoms with Gasteiger partial charge in [-0.2, -0.15) is 0 Å². The van der Waals surface area contributed by atoms with Gasteiger partial charge in [-0.05, 0) is 25.0 Å². The van der Waals surface area contributed by atoms with E-state index in [4.69, 9.17) is 11.6 Å². The lowest BCUT2D eigenvalue weighted by Crippen LogP contribution is -1.99. The smallest absolute Gasteiger partial charge is 0.164 e. The topological polar surface area (TPSA) is 17.1 Å². The molecule has 0 saturated heterocycles. The van der Waals surface area contributed by atoms with E-state index in [1.54, 1.807) is 12.1 Å². The third kappa shape index (κ3) is 3.00. The summed E-state index contributed by atoms with van der Waals surface area (Å²) in [5, 5.41) is 0.538. The second kappa shape index (κ2) is 5.61. The van der Waals surface area contributed by atoms with Gasteiger partial charge in [-0.25, -0.2) is 0 Å².